The lowest BCUT2D eigenvalue weighted by atomic mass is 10.0. The predicted octanol–water partition coefficient (Wildman–Crippen LogP) is 1.88. The molecule has 2 atom stereocenters. The number of halogens is 2. The molecule has 1 unspecified atom stereocenters. The van der Waals surface area contributed by atoms with Crippen molar-refractivity contribution in [2.24, 2.45) is 11.7 Å². The number of rotatable bonds is 6. The van der Waals surface area contributed by atoms with Crippen LogP contribution in [0, 0.1) is 5.92 Å². The highest BCUT2D eigenvalue weighted by Gasteiger charge is 2.32. The largest absolute Gasteiger partial charge is 0.435 e. The van der Waals surface area contributed by atoms with Crippen molar-refractivity contribution in [3.63, 3.8) is 0 Å². The van der Waals surface area contributed by atoms with E-state index in [1.165, 1.54) is 17.0 Å². The minimum Gasteiger partial charge on any atom is -0.435 e. The molecule has 0 aliphatic carbocycles. The highest BCUT2D eigenvalue weighted by atomic mass is 19.3. The molecule has 2 rings (SSSR count). The van der Waals surface area contributed by atoms with Crippen molar-refractivity contribution >= 4 is 17.5 Å². The minimum absolute atomic E-state index is 0.0240. The fraction of sp³-hybridized carbons (Fsp3) is 0.529. The molecular weight excluding hydrogens is 332 g/mol. The van der Waals surface area contributed by atoms with E-state index in [-0.39, 0.29) is 23.5 Å². The highest BCUT2D eigenvalue weighted by molar-refractivity contribution is 6.00. The van der Waals surface area contributed by atoms with Crippen molar-refractivity contribution in [3.8, 4) is 5.75 Å². The van der Waals surface area contributed by atoms with E-state index in [0.29, 0.717) is 25.1 Å². The van der Waals surface area contributed by atoms with Crippen LogP contribution in [0.1, 0.15) is 26.7 Å². The van der Waals surface area contributed by atoms with E-state index in [9.17, 15) is 18.4 Å². The summed E-state index contributed by atoms with van der Waals surface area (Å²) in [5.74, 6) is -0.595. The highest BCUT2D eigenvalue weighted by Crippen LogP contribution is 2.24. The molecule has 0 aromatic heterocycles. The van der Waals surface area contributed by atoms with Gasteiger partial charge >= 0.3 is 6.61 Å². The third-order valence-corrected chi connectivity index (χ3v) is 4.15. The summed E-state index contributed by atoms with van der Waals surface area (Å²) in [6, 6.07) is 4.54. The van der Waals surface area contributed by atoms with Gasteiger partial charge in [0.05, 0.1) is 6.04 Å². The van der Waals surface area contributed by atoms with E-state index >= 15 is 0 Å². The predicted molar refractivity (Wildman–Crippen MR) is 89.4 cm³/mol. The van der Waals surface area contributed by atoms with Gasteiger partial charge in [0, 0.05) is 12.2 Å². The molecule has 3 N–H and O–H groups in total. The molecule has 0 bridgehead atoms. The summed E-state index contributed by atoms with van der Waals surface area (Å²) >= 11 is 0. The van der Waals surface area contributed by atoms with Gasteiger partial charge in [-0.05, 0) is 43.0 Å². The van der Waals surface area contributed by atoms with Gasteiger partial charge in [-0.3, -0.25) is 9.59 Å². The second-order valence-corrected chi connectivity index (χ2v) is 6.34. The van der Waals surface area contributed by atoms with E-state index in [4.69, 9.17) is 5.73 Å². The van der Waals surface area contributed by atoms with Crippen molar-refractivity contribution in [2.45, 2.75) is 45.4 Å². The first-order chi connectivity index (χ1) is 11.8. The average Bonchev–Trinajstić information content (AvgIpc) is 2.56. The van der Waals surface area contributed by atoms with Gasteiger partial charge in [0.1, 0.15) is 11.8 Å². The lowest BCUT2D eigenvalue weighted by Gasteiger charge is -2.33. The van der Waals surface area contributed by atoms with Crippen molar-refractivity contribution in [3.05, 3.63) is 24.3 Å². The van der Waals surface area contributed by atoms with Crippen LogP contribution in [0.5, 0.6) is 5.75 Å². The van der Waals surface area contributed by atoms with Gasteiger partial charge in [0.2, 0.25) is 11.8 Å². The zero-order chi connectivity index (χ0) is 18.6. The standard InChI is InChI=1S/C17H23F2N3O3/c1-10(2)14(20)15(23)21-13-4-3-9-22(16(13)24)11-5-7-12(8-6-11)25-17(18)19/h5-8,10,13-14,17H,3-4,9,20H2,1-2H3,(H,21,23)/t13?,14-/m0/s1. The van der Waals surface area contributed by atoms with Gasteiger partial charge < -0.3 is 20.7 Å². The Hall–Kier alpha value is -2.22. The molecule has 2 amide bonds. The molecule has 1 aliphatic heterocycles. The fourth-order valence-electron chi connectivity index (χ4n) is 2.64. The number of nitrogens with zero attached hydrogens (tertiary/aromatic N) is 1. The summed E-state index contributed by atoms with van der Waals surface area (Å²) in [5.41, 5.74) is 6.38. The van der Waals surface area contributed by atoms with Crippen molar-refractivity contribution in [1.29, 1.82) is 0 Å². The maximum Gasteiger partial charge on any atom is 0.387 e. The zero-order valence-electron chi connectivity index (χ0n) is 14.2. The van der Waals surface area contributed by atoms with Crippen molar-refractivity contribution < 1.29 is 23.1 Å². The van der Waals surface area contributed by atoms with Crippen molar-refractivity contribution in [2.75, 3.05) is 11.4 Å². The van der Waals surface area contributed by atoms with E-state index in [1.54, 1.807) is 12.1 Å². The maximum atomic E-state index is 12.6. The molecule has 138 valence electrons. The van der Waals surface area contributed by atoms with Crippen LogP contribution in [-0.2, 0) is 9.59 Å². The van der Waals surface area contributed by atoms with Crippen LogP contribution in [0.3, 0.4) is 0 Å². The summed E-state index contributed by atoms with van der Waals surface area (Å²) in [6.07, 6.45) is 1.25. The van der Waals surface area contributed by atoms with Gasteiger partial charge in [-0.1, -0.05) is 13.8 Å². The molecule has 0 radical (unpaired) electrons. The van der Waals surface area contributed by atoms with Crippen LogP contribution in [0.2, 0.25) is 0 Å². The lowest BCUT2D eigenvalue weighted by Crippen LogP contribution is -2.56. The number of piperidine rings is 1. The Bertz CT molecular complexity index is 608. The molecule has 1 saturated heterocycles. The lowest BCUT2D eigenvalue weighted by molar-refractivity contribution is -0.129. The molecule has 1 aromatic rings. The third-order valence-electron chi connectivity index (χ3n) is 4.15. The molecule has 1 aliphatic rings. The number of hydrogen-bond donors (Lipinski definition) is 2. The van der Waals surface area contributed by atoms with Crippen LogP contribution in [-0.4, -0.2) is 37.1 Å². The number of anilines is 1. The number of benzene rings is 1. The van der Waals surface area contributed by atoms with E-state index in [1.807, 2.05) is 13.8 Å². The van der Waals surface area contributed by atoms with Crippen LogP contribution >= 0.6 is 0 Å². The number of nitrogens with two attached hydrogens (primary N) is 1. The third kappa shape index (κ3) is 4.88. The molecule has 1 aromatic carbocycles. The van der Waals surface area contributed by atoms with E-state index in [0.717, 1.165) is 0 Å². The summed E-state index contributed by atoms with van der Waals surface area (Å²) < 4.78 is 28.7. The van der Waals surface area contributed by atoms with Crippen LogP contribution in [0.15, 0.2) is 24.3 Å². The molecule has 0 saturated carbocycles. The number of carbonyl (C=O) groups is 2. The first kappa shape index (κ1) is 19.1. The Kier molecular flexibility index (Phi) is 6.30. The molecule has 6 nitrogen and oxygen atoms in total. The maximum absolute atomic E-state index is 12.6. The van der Waals surface area contributed by atoms with Gasteiger partial charge in [-0.2, -0.15) is 8.78 Å². The Morgan fingerprint density at radius 3 is 2.52 bits per heavy atom. The van der Waals surface area contributed by atoms with Gasteiger partial charge in [-0.25, -0.2) is 0 Å². The van der Waals surface area contributed by atoms with Gasteiger partial charge in [0.15, 0.2) is 0 Å². The van der Waals surface area contributed by atoms with Crippen molar-refractivity contribution in [1.82, 2.24) is 5.32 Å². The second kappa shape index (κ2) is 8.24. The zero-order valence-corrected chi connectivity index (χ0v) is 14.2. The number of alkyl halides is 2. The number of hydrogen-bond acceptors (Lipinski definition) is 4. The average molecular weight is 355 g/mol. The number of nitrogens with one attached hydrogen (secondary N) is 1. The van der Waals surface area contributed by atoms with Gasteiger partial charge in [0.25, 0.3) is 0 Å². The molecular formula is C17H23F2N3O3. The summed E-state index contributed by atoms with van der Waals surface area (Å²) in [5, 5.41) is 2.71. The first-order valence-electron chi connectivity index (χ1n) is 8.21. The SMILES string of the molecule is CC(C)[C@H](N)C(=O)NC1CCCN(c2ccc(OC(F)F)cc2)C1=O. The van der Waals surface area contributed by atoms with E-state index < -0.39 is 18.7 Å². The first-order valence-corrected chi connectivity index (χ1v) is 8.21. The quantitative estimate of drug-likeness (QED) is 0.816. The van der Waals surface area contributed by atoms with Crippen LogP contribution in [0.4, 0.5) is 14.5 Å². The van der Waals surface area contributed by atoms with E-state index in [2.05, 4.69) is 10.1 Å². The molecule has 25 heavy (non-hydrogen) atoms. The Labute approximate surface area is 145 Å². The monoisotopic (exact) mass is 355 g/mol. The fourth-order valence-corrected chi connectivity index (χ4v) is 2.64. The van der Waals surface area contributed by atoms with Crippen LogP contribution < -0.4 is 20.7 Å². The summed E-state index contributed by atoms with van der Waals surface area (Å²) in [7, 11) is 0. The number of amides is 2. The summed E-state index contributed by atoms with van der Waals surface area (Å²) in [4.78, 5) is 26.3. The second-order valence-electron chi connectivity index (χ2n) is 6.34. The Balaban J connectivity index is 2.05. The molecule has 0 spiro atoms. The Morgan fingerprint density at radius 1 is 1.32 bits per heavy atom. The molecule has 1 fully saturated rings. The smallest absolute Gasteiger partial charge is 0.387 e. The Morgan fingerprint density at radius 2 is 1.96 bits per heavy atom. The van der Waals surface area contributed by atoms with Crippen LogP contribution in [0.25, 0.3) is 0 Å². The normalized spacial score (nSPS) is 19.2. The number of carbonyl (C=O) groups excluding carboxylic acids is 2. The topological polar surface area (TPSA) is 84.7 Å². The van der Waals surface area contributed by atoms with Gasteiger partial charge in [-0.15, -0.1) is 0 Å². The number of ether oxygens (including phenoxy) is 1. The minimum atomic E-state index is -2.90. The molecule has 1 heterocycles. The molecule has 8 heteroatoms. The summed E-state index contributed by atoms with van der Waals surface area (Å²) in [6.45, 7) is 1.27.